The van der Waals surface area contributed by atoms with Gasteiger partial charge in [-0.05, 0) is 40.2 Å². The van der Waals surface area contributed by atoms with Crippen LogP contribution in [-0.2, 0) is 6.54 Å². The Morgan fingerprint density at radius 2 is 1.86 bits per heavy atom. The Morgan fingerprint density at radius 1 is 1.00 bits per heavy atom. The van der Waals surface area contributed by atoms with Gasteiger partial charge >= 0.3 is 0 Å². The molecular formula is C18H18BrN9O. The first-order chi connectivity index (χ1) is 14.2. The van der Waals surface area contributed by atoms with Crippen LogP contribution in [0.3, 0.4) is 0 Å². The van der Waals surface area contributed by atoms with Crippen molar-refractivity contribution in [2.24, 2.45) is 0 Å². The van der Waals surface area contributed by atoms with Crippen LogP contribution in [-0.4, -0.2) is 60.6 Å². The zero-order chi connectivity index (χ0) is 19.8. The first kappa shape index (κ1) is 18.0. The molecule has 4 aromatic heterocycles. The van der Waals surface area contributed by atoms with Crippen LogP contribution in [0.4, 0.5) is 11.9 Å². The van der Waals surface area contributed by atoms with E-state index in [9.17, 15) is 0 Å². The number of hydrogen-bond donors (Lipinski definition) is 1. The molecule has 148 valence electrons. The maximum atomic E-state index is 6.10. The van der Waals surface area contributed by atoms with Gasteiger partial charge in [-0.3, -0.25) is 4.90 Å². The van der Waals surface area contributed by atoms with Gasteiger partial charge in [-0.1, -0.05) is 6.07 Å². The SMILES string of the molecule is Nc1nc(N2CCN(Cc3cccc(Br)n3)CC2)nc2nc(-c3ccco3)nn12. The van der Waals surface area contributed by atoms with Gasteiger partial charge in [-0.2, -0.15) is 19.5 Å². The molecule has 4 aromatic rings. The van der Waals surface area contributed by atoms with E-state index in [0.717, 1.165) is 43.0 Å². The summed E-state index contributed by atoms with van der Waals surface area (Å²) in [5, 5.41) is 4.33. The Hall–Kier alpha value is -3.05. The largest absolute Gasteiger partial charge is 0.461 e. The van der Waals surface area contributed by atoms with Gasteiger partial charge in [0.25, 0.3) is 5.78 Å². The molecule has 0 saturated carbocycles. The number of halogens is 1. The van der Waals surface area contributed by atoms with Gasteiger partial charge in [0.05, 0.1) is 12.0 Å². The van der Waals surface area contributed by atoms with Crippen molar-refractivity contribution < 1.29 is 4.42 Å². The molecule has 1 aliphatic heterocycles. The van der Waals surface area contributed by atoms with Crippen molar-refractivity contribution >= 4 is 33.6 Å². The maximum absolute atomic E-state index is 6.10. The summed E-state index contributed by atoms with van der Waals surface area (Å²) in [6.45, 7) is 4.16. The summed E-state index contributed by atoms with van der Waals surface area (Å²) < 4.78 is 7.63. The van der Waals surface area contributed by atoms with Crippen molar-refractivity contribution in [1.29, 1.82) is 0 Å². The van der Waals surface area contributed by atoms with E-state index in [1.165, 1.54) is 4.52 Å². The fourth-order valence-electron chi connectivity index (χ4n) is 3.32. The molecule has 0 radical (unpaired) electrons. The topological polar surface area (TPSA) is 114 Å². The third-order valence-corrected chi connectivity index (χ3v) is 5.22. The van der Waals surface area contributed by atoms with Gasteiger partial charge in [-0.15, -0.1) is 5.10 Å². The van der Waals surface area contributed by atoms with E-state index in [-0.39, 0.29) is 5.95 Å². The number of aromatic nitrogens is 6. The fraction of sp³-hybridized carbons (Fsp3) is 0.278. The van der Waals surface area contributed by atoms with Crippen molar-refractivity contribution in [3.8, 4) is 11.6 Å². The lowest BCUT2D eigenvalue weighted by Crippen LogP contribution is -2.46. The lowest BCUT2D eigenvalue weighted by Gasteiger charge is -2.34. The minimum Gasteiger partial charge on any atom is -0.461 e. The Labute approximate surface area is 174 Å². The molecule has 0 amide bonds. The highest BCUT2D eigenvalue weighted by Gasteiger charge is 2.22. The summed E-state index contributed by atoms with van der Waals surface area (Å²) in [4.78, 5) is 22.4. The maximum Gasteiger partial charge on any atom is 0.259 e. The van der Waals surface area contributed by atoms with Gasteiger partial charge in [0.2, 0.25) is 17.7 Å². The molecule has 1 aliphatic rings. The van der Waals surface area contributed by atoms with E-state index in [1.807, 2.05) is 18.2 Å². The number of pyridine rings is 1. The van der Waals surface area contributed by atoms with Gasteiger partial charge in [0.15, 0.2) is 5.76 Å². The summed E-state index contributed by atoms with van der Waals surface area (Å²) in [6.07, 6.45) is 1.57. The molecule has 1 saturated heterocycles. The molecule has 1 fully saturated rings. The molecule has 10 nitrogen and oxygen atoms in total. The molecule has 0 atom stereocenters. The Morgan fingerprint density at radius 3 is 2.62 bits per heavy atom. The molecule has 2 N–H and O–H groups in total. The van der Waals surface area contributed by atoms with Crippen molar-refractivity contribution in [3.05, 3.63) is 46.9 Å². The van der Waals surface area contributed by atoms with Crippen molar-refractivity contribution in [3.63, 3.8) is 0 Å². The van der Waals surface area contributed by atoms with Crippen molar-refractivity contribution in [1.82, 2.24) is 34.4 Å². The van der Waals surface area contributed by atoms with Crippen LogP contribution in [0.15, 0.2) is 45.6 Å². The molecule has 29 heavy (non-hydrogen) atoms. The Bertz CT molecular complexity index is 1140. The van der Waals surface area contributed by atoms with Crippen LogP contribution >= 0.6 is 15.9 Å². The smallest absolute Gasteiger partial charge is 0.259 e. The Balaban J connectivity index is 1.31. The van der Waals surface area contributed by atoms with E-state index >= 15 is 0 Å². The second-order valence-electron chi connectivity index (χ2n) is 6.72. The second-order valence-corrected chi connectivity index (χ2v) is 7.53. The molecule has 5 rings (SSSR count). The minimum atomic E-state index is 0.246. The number of piperazine rings is 1. The van der Waals surface area contributed by atoms with Crippen LogP contribution < -0.4 is 10.6 Å². The van der Waals surface area contributed by atoms with Crippen LogP contribution in [0.25, 0.3) is 17.4 Å². The predicted octanol–water partition coefficient (Wildman–Crippen LogP) is 1.84. The molecular weight excluding hydrogens is 438 g/mol. The summed E-state index contributed by atoms with van der Waals surface area (Å²) in [7, 11) is 0. The third-order valence-electron chi connectivity index (χ3n) is 4.78. The predicted molar refractivity (Wildman–Crippen MR) is 110 cm³/mol. The van der Waals surface area contributed by atoms with Crippen LogP contribution in [0.5, 0.6) is 0 Å². The number of anilines is 2. The number of fused-ring (bicyclic) bond motifs is 1. The van der Waals surface area contributed by atoms with E-state index in [2.05, 4.69) is 50.8 Å². The Kier molecular flexibility index (Phi) is 4.60. The van der Waals surface area contributed by atoms with Gasteiger partial charge in [-0.25, -0.2) is 4.98 Å². The van der Waals surface area contributed by atoms with Crippen LogP contribution in [0, 0.1) is 0 Å². The van der Waals surface area contributed by atoms with Crippen molar-refractivity contribution in [2.75, 3.05) is 36.8 Å². The second kappa shape index (κ2) is 7.41. The van der Waals surface area contributed by atoms with E-state index in [4.69, 9.17) is 10.2 Å². The van der Waals surface area contributed by atoms with Gasteiger partial charge in [0, 0.05) is 32.7 Å². The highest BCUT2D eigenvalue weighted by atomic mass is 79.9. The highest BCUT2D eigenvalue weighted by molar-refractivity contribution is 9.10. The van der Waals surface area contributed by atoms with Crippen molar-refractivity contribution in [2.45, 2.75) is 6.54 Å². The summed E-state index contributed by atoms with van der Waals surface area (Å²) >= 11 is 3.42. The fourth-order valence-corrected chi connectivity index (χ4v) is 3.70. The lowest BCUT2D eigenvalue weighted by molar-refractivity contribution is 0.246. The first-order valence-corrected chi connectivity index (χ1v) is 9.98. The van der Waals surface area contributed by atoms with E-state index < -0.39 is 0 Å². The first-order valence-electron chi connectivity index (χ1n) is 9.18. The van der Waals surface area contributed by atoms with Crippen LogP contribution in [0.2, 0.25) is 0 Å². The summed E-state index contributed by atoms with van der Waals surface area (Å²) in [6, 6.07) is 9.55. The number of nitrogens with two attached hydrogens (primary N) is 1. The van der Waals surface area contributed by atoms with Gasteiger partial charge < -0.3 is 15.1 Å². The molecule has 0 aliphatic carbocycles. The van der Waals surface area contributed by atoms with E-state index in [0.29, 0.717) is 23.3 Å². The molecule has 0 bridgehead atoms. The third kappa shape index (κ3) is 3.66. The number of nitrogens with zero attached hydrogens (tertiary/aromatic N) is 8. The standard InChI is InChI=1S/C18H18BrN9O/c19-14-5-1-3-12(21-14)11-26-6-8-27(9-7-26)17-23-16(20)28-18(24-17)22-15(25-28)13-4-2-10-29-13/h1-5,10H,6-9,11H2,(H2,20,22,23,24,25). The van der Waals surface area contributed by atoms with Gasteiger partial charge in [0.1, 0.15) is 4.60 Å². The molecule has 0 spiro atoms. The quantitative estimate of drug-likeness (QED) is 0.460. The average molecular weight is 456 g/mol. The highest BCUT2D eigenvalue weighted by Crippen LogP contribution is 2.20. The minimum absolute atomic E-state index is 0.246. The zero-order valence-corrected chi connectivity index (χ0v) is 17.0. The molecule has 11 heteroatoms. The van der Waals surface area contributed by atoms with E-state index in [1.54, 1.807) is 18.4 Å². The lowest BCUT2D eigenvalue weighted by atomic mass is 10.3. The molecule has 0 aromatic carbocycles. The average Bonchev–Trinajstić information content (AvgIpc) is 3.38. The number of nitrogen functional groups attached to an aromatic ring is 1. The number of rotatable bonds is 4. The summed E-state index contributed by atoms with van der Waals surface area (Å²) in [5.41, 5.74) is 7.15. The van der Waals surface area contributed by atoms with Crippen LogP contribution in [0.1, 0.15) is 5.69 Å². The molecule has 0 unspecified atom stereocenters. The number of furan rings is 1. The normalized spacial score (nSPS) is 15.3. The molecule has 5 heterocycles. The number of hydrogen-bond acceptors (Lipinski definition) is 9. The monoisotopic (exact) mass is 455 g/mol. The zero-order valence-electron chi connectivity index (χ0n) is 15.4. The summed E-state index contributed by atoms with van der Waals surface area (Å²) in [5.74, 6) is 2.20.